The fourth-order valence-electron chi connectivity index (χ4n) is 11.4. The average Bonchev–Trinajstić information content (AvgIpc) is 3.54. The molecule has 2 nitrogen and oxygen atoms in total. The van der Waals surface area contributed by atoms with E-state index in [1.165, 1.54) is 138 Å². The first-order valence-electron chi connectivity index (χ1n) is 21.0. The van der Waals surface area contributed by atoms with Gasteiger partial charge in [-0.15, -0.1) is 0 Å². The fourth-order valence-corrected chi connectivity index (χ4v) is 11.4. The van der Waals surface area contributed by atoms with Crippen molar-refractivity contribution >= 4 is 78.2 Å². The molecule has 0 saturated heterocycles. The summed E-state index contributed by atoms with van der Waals surface area (Å²) in [4.78, 5) is 2.52. The summed E-state index contributed by atoms with van der Waals surface area (Å²) in [5.41, 5.74) is 24.6. The Hall–Kier alpha value is -6.84. The second-order valence-electron chi connectivity index (χ2n) is 17.3. The number of hydrogen-bond donors (Lipinski definition) is 0. The van der Waals surface area contributed by atoms with Crippen LogP contribution in [0.15, 0.2) is 152 Å². The Morgan fingerprint density at radius 2 is 1.03 bits per heavy atom. The SMILES string of the molecule is Cc1cc(C)c(-c2ccc3c(c2)c2cc(-c4c(C)cc(C)cc4C)cc4c2n3B2c3c-4cccc3N(c3ccccc3)c3ccc4cc5ccccc5cc4c32)c(C)c1. The molecule has 0 bridgehead atoms. The van der Waals surface area contributed by atoms with E-state index in [0.29, 0.717) is 0 Å². The van der Waals surface area contributed by atoms with E-state index >= 15 is 0 Å². The Balaban J connectivity index is 1.26. The molecule has 2 aliphatic heterocycles. The highest BCUT2D eigenvalue weighted by Crippen LogP contribution is 2.48. The summed E-state index contributed by atoms with van der Waals surface area (Å²) in [7, 11) is 0. The summed E-state index contributed by atoms with van der Waals surface area (Å²) in [6, 6.07) is 58.0. The number of nitrogens with zero attached hydrogens (tertiary/aromatic N) is 2. The van der Waals surface area contributed by atoms with Crippen molar-refractivity contribution in [1.29, 1.82) is 0 Å². The van der Waals surface area contributed by atoms with Gasteiger partial charge in [0.2, 0.25) is 0 Å². The van der Waals surface area contributed by atoms with Crippen LogP contribution in [-0.4, -0.2) is 11.3 Å². The Morgan fingerprint density at radius 3 is 1.75 bits per heavy atom. The molecule has 3 heterocycles. The van der Waals surface area contributed by atoms with Crippen LogP contribution in [0.2, 0.25) is 0 Å². The first-order valence-corrected chi connectivity index (χ1v) is 21.0. The molecule has 2 aliphatic rings. The molecule has 59 heavy (non-hydrogen) atoms. The van der Waals surface area contributed by atoms with E-state index in [4.69, 9.17) is 0 Å². The summed E-state index contributed by atoms with van der Waals surface area (Å²) in [5.74, 6) is 0. The summed E-state index contributed by atoms with van der Waals surface area (Å²) in [6.45, 7) is 13.4. The van der Waals surface area contributed by atoms with Gasteiger partial charge in [0.15, 0.2) is 0 Å². The Morgan fingerprint density at radius 1 is 0.407 bits per heavy atom. The minimum atomic E-state index is -0.0454. The number of aryl methyl sites for hydroxylation is 6. The molecule has 3 heteroatoms. The van der Waals surface area contributed by atoms with Crippen LogP contribution in [0.4, 0.5) is 17.1 Å². The number of para-hydroxylation sites is 1. The lowest BCUT2D eigenvalue weighted by Crippen LogP contribution is -2.56. The maximum absolute atomic E-state index is 2.72. The molecule has 12 rings (SSSR count). The van der Waals surface area contributed by atoms with E-state index in [2.05, 4.69) is 203 Å². The molecular formula is C56H43BN2. The van der Waals surface area contributed by atoms with Gasteiger partial charge >= 0.3 is 6.85 Å². The molecule has 10 aromatic rings. The summed E-state index contributed by atoms with van der Waals surface area (Å²) >= 11 is 0. The van der Waals surface area contributed by atoms with Gasteiger partial charge in [0.1, 0.15) is 0 Å². The van der Waals surface area contributed by atoms with Gasteiger partial charge in [-0.05, 0) is 185 Å². The van der Waals surface area contributed by atoms with Crippen LogP contribution in [0.1, 0.15) is 33.4 Å². The van der Waals surface area contributed by atoms with Crippen molar-refractivity contribution < 1.29 is 0 Å². The van der Waals surface area contributed by atoms with Crippen LogP contribution in [0.3, 0.4) is 0 Å². The van der Waals surface area contributed by atoms with Crippen LogP contribution < -0.4 is 15.8 Å². The van der Waals surface area contributed by atoms with Gasteiger partial charge in [0.05, 0.1) is 0 Å². The number of aromatic nitrogens is 1. The van der Waals surface area contributed by atoms with Crippen LogP contribution >= 0.6 is 0 Å². The van der Waals surface area contributed by atoms with Crippen molar-refractivity contribution in [3.8, 4) is 33.4 Å². The van der Waals surface area contributed by atoms with Crippen molar-refractivity contribution in [3.05, 3.63) is 185 Å². The first kappa shape index (κ1) is 34.2. The lowest BCUT2D eigenvalue weighted by molar-refractivity contribution is 1.26. The van der Waals surface area contributed by atoms with E-state index in [1.807, 2.05) is 0 Å². The van der Waals surface area contributed by atoms with Crippen molar-refractivity contribution in [2.45, 2.75) is 41.5 Å². The fraction of sp³-hybridized carbons (Fsp3) is 0.107. The zero-order valence-corrected chi connectivity index (χ0v) is 34.4. The van der Waals surface area contributed by atoms with E-state index < -0.39 is 0 Å². The van der Waals surface area contributed by atoms with E-state index in [1.54, 1.807) is 0 Å². The minimum Gasteiger partial charge on any atom is -0.375 e. The van der Waals surface area contributed by atoms with E-state index in [0.717, 1.165) is 0 Å². The third kappa shape index (κ3) is 4.82. The molecule has 0 atom stereocenters. The van der Waals surface area contributed by atoms with Crippen LogP contribution in [0.5, 0.6) is 0 Å². The highest BCUT2D eigenvalue weighted by molar-refractivity contribution is 6.91. The topological polar surface area (TPSA) is 8.17 Å². The summed E-state index contributed by atoms with van der Waals surface area (Å²) < 4.78 is 2.72. The predicted molar refractivity (Wildman–Crippen MR) is 254 cm³/mol. The molecule has 9 aromatic carbocycles. The van der Waals surface area contributed by atoms with Gasteiger partial charge in [0.25, 0.3) is 0 Å². The molecule has 0 spiro atoms. The molecule has 0 unspecified atom stereocenters. The van der Waals surface area contributed by atoms with Crippen molar-refractivity contribution in [2.24, 2.45) is 0 Å². The molecule has 280 valence electrons. The standard InChI is InChI=1S/C56H43BN2/c1-32-23-34(3)52(35(4)24-32)41-20-21-49-46(29-41)48-31-42(53-36(5)25-33(2)26-37(53)6)30-47-44-17-12-18-50-54(44)57(59(49)56(47)48)55-45-28-39-14-11-10-13-38(39)27-40(45)19-22-51(55)58(50)43-15-8-7-9-16-43/h7-31H,1-6H3. The van der Waals surface area contributed by atoms with E-state index in [9.17, 15) is 0 Å². The first-order chi connectivity index (χ1) is 28.7. The zero-order valence-electron chi connectivity index (χ0n) is 34.4. The lowest BCUT2D eigenvalue weighted by atomic mass is 9.44. The number of rotatable bonds is 3. The Kier molecular flexibility index (Phi) is 7.16. The highest BCUT2D eigenvalue weighted by Gasteiger charge is 2.43. The van der Waals surface area contributed by atoms with Crippen LogP contribution in [0, 0.1) is 41.5 Å². The third-order valence-corrected chi connectivity index (χ3v) is 13.4. The largest absolute Gasteiger partial charge is 0.375 e. The maximum atomic E-state index is 2.72. The number of fused-ring (bicyclic) bond motifs is 10. The van der Waals surface area contributed by atoms with Gasteiger partial charge in [-0.1, -0.05) is 102 Å². The quantitative estimate of drug-likeness (QED) is 0.129. The van der Waals surface area contributed by atoms with Gasteiger partial charge in [-0.25, -0.2) is 0 Å². The number of hydrogen-bond acceptors (Lipinski definition) is 1. The summed E-state index contributed by atoms with van der Waals surface area (Å²) in [5, 5.41) is 7.71. The molecule has 0 saturated carbocycles. The van der Waals surface area contributed by atoms with Gasteiger partial charge in [-0.2, -0.15) is 0 Å². The molecule has 1 aromatic heterocycles. The van der Waals surface area contributed by atoms with Crippen molar-refractivity contribution in [2.75, 3.05) is 4.90 Å². The minimum absolute atomic E-state index is 0.0454. The molecule has 0 amide bonds. The Labute approximate surface area is 346 Å². The third-order valence-electron chi connectivity index (χ3n) is 13.4. The van der Waals surface area contributed by atoms with Gasteiger partial charge < -0.3 is 9.38 Å². The number of anilines is 3. The molecule has 0 aliphatic carbocycles. The zero-order chi connectivity index (χ0) is 39.8. The van der Waals surface area contributed by atoms with Crippen LogP contribution in [-0.2, 0) is 0 Å². The molecule has 0 radical (unpaired) electrons. The van der Waals surface area contributed by atoms with Gasteiger partial charge in [0, 0.05) is 44.4 Å². The van der Waals surface area contributed by atoms with Crippen molar-refractivity contribution in [3.63, 3.8) is 0 Å². The lowest BCUT2D eigenvalue weighted by Gasteiger charge is -2.41. The maximum Gasteiger partial charge on any atom is 0.333 e. The normalized spacial score (nSPS) is 12.8. The highest BCUT2D eigenvalue weighted by atomic mass is 15.2. The predicted octanol–water partition coefficient (Wildman–Crippen LogP) is 13.7. The average molecular weight is 755 g/mol. The number of benzene rings is 9. The Bertz CT molecular complexity index is 3410. The smallest absolute Gasteiger partial charge is 0.333 e. The van der Waals surface area contributed by atoms with Crippen LogP contribution in [0.25, 0.3) is 76.7 Å². The van der Waals surface area contributed by atoms with Gasteiger partial charge in [-0.3, -0.25) is 0 Å². The second-order valence-corrected chi connectivity index (χ2v) is 17.3. The second kappa shape index (κ2) is 12.3. The molecule has 0 fully saturated rings. The molecular weight excluding hydrogens is 711 g/mol. The molecule has 0 N–H and O–H groups in total. The van der Waals surface area contributed by atoms with E-state index in [-0.39, 0.29) is 6.85 Å². The summed E-state index contributed by atoms with van der Waals surface area (Å²) in [6.07, 6.45) is 0. The van der Waals surface area contributed by atoms with Crippen molar-refractivity contribution in [1.82, 2.24) is 4.48 Å². The monoisotopic (exact) mass is 754 g/mol.